The summed E-state index contributed by atoms with van der Waals surface area (Å²) in [5.74, 6) is -0.0743. The molecule has 0 saturated heterocycles. The van der Waals surface area contributed by atoms with Crippen molar-refractivity contribution in [3.63, 3.8) is 0 Å². The van der Waals surface area contributed by atoms with Crippen molar-refractivity contribution in [3.05, 3.63) is 0 Å². The van der Waals surface area contributed by atoms with Crippen molar-refractivity contribution in [1.82, 2.24) is 0 Å². The predicted molar refractivity (Wildman–Crippen MR) is 56.5 cm³/mol. The Hall–Kier alpha value is 0.830. The van der Waals surface area contributed by atoms with Crippen LogP contribution in [0.5, 0.6) is 0 Å². The molecule has 0 unspecified atom stereocenters. The van der Waals surface area contributed by atoms with Gasteiger partial charge in [-0.2, -0.15) is 0 Å². The highest BCUT2D eigenvalue weighted by atomic mass is 35.6. The maximum absolute atomic E-state index is 11.0. The molecule has 13 heavy (non-hydrogen) atoms. The van der Waals surface area contributed by atoms with E-state index in [1.54, 1.807) is 0 Å². The summed E-state index contributed by atoms with van der Waals surface area (Å²) in [7, 11) is 0. The first-order valence-electron chi connectivity index (χ1n) is 3.92. The minimum atomic E-state index is -1.29. The minimum absolute atomic E-state index is 0.0880. The third-order valence-electron chi connectivity index (χ3n) is 2.75. The Labute approximate surface area is 97.7 Å². The van der Waals surface area contributed by atoms with Crippen LogP contribution in [0.1, 0.15) is 20.3 Å². The lowest BCUT2D eigenvalue weighted by atomic mass is 10.1. The SMILES string of the molecule is CC1(C)[C@H](CC(Cl)(Cl)Cl)[C@@H]1C(=O)Cl. The van der Waals surface area contributed by atoms with Gasteiger partial charge in [0, 0.05) is 5.92 Å². The minimum Gasteiger partial charge on any atom is -0.281 e. The van der Waals surface area contributed by atoms with E-state index in [1.165, 1.54) is 0 Å². The van der Waals surface area contributed by atoms with Crippen molar-refractivity contribution in [2.24, 2.45) is 17.3 Å². The molecule has 1 saturated carbocycles. The maximum atomic E-state index is 11.0. The van der Waals surface area contributed by atoms with Crippen molar-refractivity contribution in [2.75, 3.05) is 0 Å². The van der Waals surface area contributed by atoms with Gasteiger partial charge in [0.2, 0.25) is 5.24 Å². The van der Waals surface area contributed by atoms with Crippen molar-refractivity contribution < 1.29 is 4.79 Å². The van der Waals surface area contributed by atoms with Crippen LogP contribution >= 0.6 is 46.4 Å². The second kappa shape index (κ2) is 3.44. The number of carbonyl (C=O) groups excluding carboxylic acids is 1. The van der Waals surface area contributed by atoms with Crippen LogP contribution in [-0.4, -0.2) is 9.03 Å². The van der Waals surface area contributed by atoms with E-state index in [9.17, 15) is 4.79 Å². The van der Waals surface area contributed by atoms with E-state index in [0.29, 0.717) is 6.42 Å². The van der Waals surface area contributed by atoms with E-state index in [0.717, 1.165) is 0 Å². The van der Waals surface area contributed by atoms with Crippen molar-refractivity contribution >= 4 is 51.6 Å². The number of hydrogen-bond donors (Lipinski definition) is 0. The van der Waals surface area contributed by atoms with Gasteiger partial charge in [0.15, 0.2) is 3.79 Å². The Morgan fingerprint density at radius 2 is 1.85 bits per heavy atom. The van der Waals surface area contributed by atoms with E-state index in [-0.39, 0.29) is 22.5 Å². The average molecular weight is 264 g/mol. The lowest BCUT2D eigenvalue weighted by molar-refractivity contribution is -0.113. The molecule has 0 aromatic carbocycles. The molecule has 0 amide bonds. The first-order chi connectivity index (χ1) is 5.66. The summed E-state index contributed by atoms with van der Waals surface area (Å²) in [5, 5.41) is -0.329. The van der Waals surface area contributed by atoms with E-state index in [2.05, 4.69) is 0 Å². The smallest absolute Gasteiger partial charge is 0.225 e. The van der Waals surface area contributed by atoms with Crippen LogP contribution < -0.4 is 0 Å². The third-order valence-corrected chi connectivity index (χ3v) is 3.44. The van der Waals surface area contributed by atoms with Gasteiger partial charge in [-0.25, -0.2) is 0 Å². The lowest BCUT2D eigenvalue weighted by Gasteiger charge is -2.10. The summed E-state index contributed by atoms with van der Waals surface area (Å²) in [6.45, 7) is 3.91. The van der Waals surface area contributed by atoms with Crippen molar-refractivity contribution in [1.29, 1.82) is 0 Å². The zero-order chi connectivity index (χ0) is 10.4. The summed E-state index contributed by atoms with van der Waals surface area (Å²) in [6, 6.07) is 0. The molecule has 0 aromatic heterocycles. The van der Waals surface area contributed by atoms with Crippen LogP contribution in [0.2, 0.25) is 0 Å². The Bertz CT molecular complexity index is 231. The molecule has 1 aliphatic carbocycles. The second-order valence-electron chi connectivity index (χ2n) is 4.03. The van der Waals surface area contributed by atoms with Gasteiger partial charge in [-0.3, -0.25) is 4.79 Å². The Morgan fingerprint density at radius 1 is 1.38 bits per heavy atom. The average Bonchev–Trinajstić information content (AvgIpc) is 2.28. The molecule has 1 rings (SSSR count). The zero-order valence-corrected chi connectivity index (χ0v) is 10.3. The van der Waals surface area contributed by atoms with E-state index in [1.807, 2.05) is 13.8 Å². The highest BCUT2D eigenvalue weighted by Crippen LogP contribution is 2.63. The molecule has 1 nitrogen and oxygen atoms in total. The molecule has 76 valence electrons. The monoisotopic (exact) mass is 262 g/mol. The molecular weight excluding hydrogens is 254 g/mol. The molecule has 2 atom stereocenters. The number of carbonyl (C=O) groups is 1. The fraction of sp³-hybridized carbons (Fsp3) is 0.875. The summed E-state index contributed by atoms with van der Waals surface area (Å²) >= 11 is 22.3. The molecule has 0 radical (unpaired) electrons. The van der Waals surface area contributed by atoms with E-state index in [4.69, 9.17) is 46.4 Å². The standard InChI is InChI=1S/C8H10Cl4O/c1-7(2)4(3-8(10,11)12)5(7)6(9)13/h4-5H,3H2,1-2H3/t4-,5-/m1/s1. The summed E-state index contributed by atoms with van der Waals surface area (Å²) < 4.78 is -1.29. The van der Waals surface area contributed by atoms with Gasteiger partial charge in [0.25, 0.3) is 0 Å². The molecule has 0 bridgehead atoms. The normalized spacial score (nSPS) is 31.5. The van der Waals surface area contributed by atoms with Gasteiger partial charge in [-0.1, -0.05) is 48.7 Å². The Balaban J connectivity index is 2.61. The molecule has 1 fully saturated rings. The molecule has 0 N–H and O–H groups in total. The van der Waals surface area contributed by atoms with E-state index < -0.39 is 3.79 Å². The van der Waals surface area contributed by atoms with Crippen LogP contribution in [0.25, 0.3) is 0 Å². The van der Waals surface area contributed by atoms with Gasteiger partial charge in [0.05, 0.1) is 0 Å². The number of alkyl halides is 3. The zero-order valence-electron chi connectivity index (χ0n) is 7.28. The van der Waals surface area contributed by atoms with Crippen molar-refractivity contribution in [2.45, 2.75) is 24.1 Å². The van der Waals surface area contributed by atoms with E-state index >= 15 is 0 Å². The second-order valence-corrected chi connectivity index (χ2v) is 6.92. The fourth-order valence-electron chi connectivity index (χ4n) is 1.83. The number of hydrogen-bond acceptors (Lipinski definition) is 1. The molecule has 0 heterocycles. The lowest BCUT2D eigenvalue weighted by Crippen LogP contribution is -2.06. The maximum Gasteiger partial charge on any atom is 0.225 e. The van der Waals surface area contributed by atoms with Gasteiger partial charge in [0.1, 0.15) is 0 Å². The highest BCUT2D eigenvalue weighted by Gasteiger charge is 2.62. The number of rotatable bonds is 2. The fourth-order valence-corrected chi connectivity index (χ4v) is 2.76. The van der Waals surface area contributed by atoms with Crippen LogP contribution in [0.3, 0.4) is 0 Å². The van der Waals surface area contributed by atoms with Crippen LogP contribution in [0, 0.1) is 17.3 Å². The first kappa shape index (κ1) is 11.9. The van der Waals surface area contributed by atoms with Gasteiger partial charge in [-0.15, -0.1) is 0 Å². The topological polar surface area (TPSA) is 17.1 Å². The summed E-state index contributed by atoms with van der Waals surface area (Å²) in [4.78, 5) is 11.0. The van der Waals surface area contributed by atoms with Crippen molar-refractivity contribution in [3.8, 4) is 0 Å². The summed E-state index contributed by atoms with van der Waals surface area (Å²) in [6.07, 6.45) is 0.383. The molecule has 1 aliphatic rings. The predicted octanol–water partition coefficient (Wildman–Crippen LogP) is 3.78. The van der Waals surface area contributed by atoms with Gasteiger partial charge < -0.3 is 0 Å². The number of halogens is 4. The van der Waals surface area contributed by atoms with Crippen LogP contribution in [-0.2, 0) is 4.79 Å². The largest absolute Gasteiger partial charge is 0.281 e. The summed E-state index contributed by atoms with van der Waals surface area (Å²) in [5.41, 5.74) is -0.122. The Kier molecular flexibility index (Phi) is 3.15. The first-order valence-corrected chi connectivity index (χ1v) is 5.43. The van der Waals surface area contributed by atoms with Gasteiger partial charge >= 0.3 is 0 Å². The Morgan fingerprint density at radius 3 is 2.08 bits per heavy atom. The quantitative estimate of drug-likeness (QED) is 0.547. The molecule has 0 aliphatic heterocycles. The van der Waals surface area contributed by atoms with Crippen LogP contribution in [0.15, 0.2) is 0 Å². The molecule has 5 heteroatoms. The third kappa shape index (κ3) is 2.65. The highest BCUT2D eigenvalue weighted by molar-refractivity contribution is 6.67. The van der Waals surface area contributed by atoms with Gasteiger partial charge in [-0.05, 0) is 29.4 Å². The molecule has 0 aromatic rings. The molecule has 0 spiro atoms. The molecular formula is C8H10Cl4O. The van der Waals surface area contributed by atoms with Crippen LogP contribution in [0.4, 0.5) is 0 Å².